The summed E-state index contributed by atoms with van der Waals surface area (Å²) >= 11 is 0. The van der Waals surface area contributed by atoms with E-state index in [4.69, 9.17) is 9.47 Å². The van der Waals surface area contributed by atoms with Gasteiger partial charge >= 0.3 is 0 Å². The monoisotopic (exact) mass is 334 g/mol. The topological polar surface area (TPSA) is 60.5 Å². The molecule has 1 aromatic carbocycles. The van der Waals surface area contributed by atoms with Crippen LogP contribution in [-0.4, -0.2) is 30.6 Å². The van der Waals surface area contributed by atoms with Crippen LogP contribution >= 0.6 is 0 Å². The first-order valence-corrected chi connectivity index (χ1v) is 7.46. The van der Waals surface area contributed by atoms with Gasteiger partial charge in [0.1, 0.15) is 23.3 Å². The Labute approximate surface area is 137 Å². The second-order valence-electron chi connectivity index (χ2n) is 5.39. The lowest BCUT2D eigenvalue weighted by Crippen LogP contribution is -2.37. The van der Waals surface area contributed by atoms with E-state index in [2.05, 4.69) is 10.3 Å². The molecule has 24 heavy (non-hydrogen) atoms. The van der Waals surface area contributed by atoms with Crippen LogP contribution in [0.15, 0.2) is 36.5 Å². The largest absolute Gasteiger partial charge is 0.481 e. The van der Waals surface area contributed by atoms with Crippen LogP contribution in [0.1, 0.15) is 28.4 Å². The maximum atomic E-state index is 13.7. The van der Waals surface area contributed by atoms with Crippen molar-refractivity contribution < 1.29 is 23.0 Å². The number of pyridine rings is 1. The van der Waals surface area contributed by atoms with Gasteiger partial charge < -0.3 is 14.8 Å². The van der Waals surface area contributed by atoms with E-state index in [1.165, 1.54) is 13.2 Å². The number of halogens is 2. The highest BCUT2D eigenvalue weighted by molar-refractivity contribution is 5.95. The molecule has 1 aliphatic rings. The fourth-order valence-electron chi connectivity index (χ4n) is 2.70. The number of carbonyl (C=O) groups is 1. The number of aromatic nitrogens is 1. The molecule has 0 saturated carbocycles. The quantitative estimate of drug-likeness (QED) is 0.934. The van der Waals surface area contributed by atoms with Crippen LogP contribution in [0.2, 0.25) is 0 Å². The number of methoxy groups -OCH3 is 1. The van der Waals surface area contributed by atoms with Crippen molar-refractivity contribution in [3.63, 3.8) is 0 Å². The summed E-state index contributed by atoms with van der Waals surface area (Å²) in [7, 11) is 1.51. The molecule has 1 amide bonds. The Kier molecular flexibility index (Phi) is 4.71. The minimum atomic E-state index is -0.894. The molecule has 7 heteroatoms. The Morgan fingerprint density at radius 2 is 2.04 bits per heavy atom. The highest BCUT2D eigenvalue weighted by atomic mass is 19.1. The van der Waals surface area contributed by atoms with Crippen LogP contribution in [0.3, 0.4) is 0 Å². The van der Waals surface area contributed by atoms with E-state index in [9.17, 15) is 13.6 Å². The molecule has 126 valence electrons. The molecule has 1 fully saturated rings. The molecule has 0 radical (unpaired) electrons. The number of ether oxygens (including phenoxy) is 2. The first-order chi connectivity index (χ1) is 11.6. The standard InChI is InChI=1S/C17H16F2N2O3/c1-23-14-6-5-10(9-20-14)16-13(7-8-24-16)21-17(22)15-11(18)3-2-4-12(15)19/h2-6,9,13,16H,7-8H2,1H3,(H,21,22)/t13-,16+/m0/s1. The lowest BCUT2D eigenvalue weighted by atomic mass is 10.0. The Morgan fingerprint density at radius 3 is 2.67 bits per heavy atom. The SMILES string of the molecule is COc1ccc([C@H]2OCC[C@@H]2NC(=O)c2c(F)cccc2F)cn1. The molecule has 1 aliphatic heterocycles. The predicted octanol–water partition coefficient (Wildman–Crippen LogP) is 2.63. The van der Waals surface area contributed by atoms with Gasteiger partial charge in [0.05, 0.1) is 13.2 Å². The summed E-state index contributed by atoms with van der Waals surface area (Å²) in [4.78, 5) is 16.3. The number of nitrogens with zero attached hydrogens (tertiary/aromatic N) is 1. The van der Waals surface area contributed by atoms with Crippen LogP contribution in [0.4, 0.5) is 8.78 Å². The molecule has 3 rings (SSSR count). The Bertz CT molecular complexity index is 717. The zero-order chi connectivity index (χ0) is 17.1. The molecular formula is C17H16F2N2O3. The van der Waals surface area contributed by atoms with E-state index in [0.29, 0.717) is 18.9 Å². The second kappa shape index (κ2) is 6.92. The summed E-state index contributed by atoms with van der Waals surface area (Å²) in [6.07, 6.45) is 1.71. The third-order valence-corrected chi connectivity index (χ3v) is 3.89. The average molecular weight is 334 g/mol. The Hall–Kier alpha value is -2.54. The van der Waals surface area contributed by atoms with Crippen molar-refractivity contribution >= 4 is 5.91 Å². The van der Waals surface area contributed by atoms with Crippen LogP contribution in [0, 0.1) is 11.6 Å². The van der Waals surface area contributed by atoms with Crippen molar-refractivity contribution in [2.24, 2.45) is 0 Å². The van der Waals surface area contributed by atoms with Crippen molar-refractivity contribution in [2.45, 2.75) is 18.6 Å². The van der Waals surface area contributed by atoms with Gasteiger partial charge in [0.2, 0.25) is 5.88 Å². The van der Waals surface area contributed by atoms with E-state index in [0.717, 1.165) is 17.7 Å². The molecule has 1 saturated heterocycles. The minimum absolute atomic E-state index is 0.397. The molecule has 1 aromatic heterocycles. The summed E-state index contributed by atoms with van der Waals surface area (Å²) in [6, 6.07) is 6.39. The lowest BCUT2D eigenvalue weighted by molar-refractivity contribution is 0.0814. The van der Waals surface area contributed by atoms with Crippen LogP contribution in [0.25, 0.3) is 0 Å². The summed E-state index contributed by atoms with van der Waals surface area (Å²) in [5.74, 6) is -2.12. The molecule has 0 aliphatic carbocycles. The molecule has 2 aromatic rings. The normalized spacial score (nSPS) is 20.0. The van der Waals surface area contributed by atoms with E-state index in [1.807, 2.05) is 0 Å². The number of rotatable bonds is 4. The van der Waals surface area contributed by atoms with Crippen molar-refractivity contribution in [2.75, 3.05) is 13.7 Å². The van der Waals surface area contributed by atoms with Gasteiger partial charge in [0.15, 0.2) is 0 Å². The number of hydrogen-bond acceptors (Lipinski definition) is 4. The zero-order valence-electron chi connectivity index (χ0n) is 13.0. The Morgan fingerprint density at radius 1 is 1.29 bits per heavy atom. The number of benzene rings is 1. The minimum Gasteiger partial charge on any atom is -0.481 e. The highest BCUT2D eigenvalue weighted by Crippen LogP contribution is 2.30. The fraction of sp³-hybridized carbons (Fsp3) is 0.294. The molecular weight excluding hydrogens is 318 g/mol. The second-order valence-corrected chi connectivity index (χ2v) is 5.39. The maximum absolute atomic E-state index is 13.7. The molecule has 2 atom stereocenters. The molecule has 0 spiro atoms. The van der Waals surface area contributed by atoms with Crippen molar-refractivity contribution in [3.8, 4) is 5.88 Å². The third kappa shape index (κ3) is 3.21. The molecule has 1 N–H and O–H groups in total. The van der Waals surface area contributed by atoms with Gasteiger partial charge in [-0.05, 0) is 24.6 Å². The van der Waals surface area contributed by atoms with Crippen LogP contribution in [0.5, 0.6) is 5.88 Å². The van der Waals surface area contributed by atoms with Gasteiger partial charge in [-0.15, -0.1) is 0 Å². The van der Waals surface area contributed by atoms with E-state index < -0.39 is 35.3 Å². The van der Waals surface area contributed by atoms with E-state index in [-0.39, 0.29) is 0 Å². The smallest absolute Gasteiger partial charge is 0.257 e. The summed E-state index contributed by atoms with van der Waals surface area (Å²) in [5.41, 5.74) is 0.170. The van der Waals surface area contributed by atoms with Gasteiger partial charge in [0, 0.05) is 24.4 Å². The zero-order valence-corrected chi connectivity index (χ0v) is 13.0. The van der Waals surface area contributed by atoms with Gasteiger partial charge in [0.25, 0.3) is 5.91 Å². The predicted molar refractivity (Wildman–Crippen MR) is 81.7 cm³/mol. The van der Waals surface area contributed by atoms with Gasteiger partial charge in [-0.1, -0.05) is 6.07 Å². The van der Waals surface area contributed by atoms with E-state index in [1.54, 1.807) is 18.3 Å². The first-order valence-electron chi connectivity index (χ1n) is 7.46. The van der Waals surface area contributed by atoms with Gasteiger partial charge in [-0.2, -0.15) is 0 Å². The molecule has 2 heterocycles. The van der Waals surface area contributed by atoms with Gasteiger partial charge in [-0.25, -0.2) is 13.8 Å². The first kappa shape index (κ1) is 16.3. The highest BCUT2D eigenvalue weighted by Gasteiger charge is 2.32. The fourth-order valence-corrected chi connectivity index (χ4v) is 2.70. The summed E-state index contributed by atoms with van der Waals surface area (Å²) < 4.78 is 38.1. The number of hydrogen-bond donors (Lipinski definition) is 1. The summed E-state index contributed by atoms with van der Waals surface area (Å²) in [6.45, 7) is 0.432. The number of amides is 1. The van der Waals surface area contributed by atoms with E-state index >= 15 is 0 Å². The van der Waals surface area contributed by atoms with Crippen LogP contribution in [-0.2, 0) is 4.74 Å². The lowest BCUT2D eigenvalue weighted by Gasteiger charge is -2.20. The van der Waals surface area contributed by atoms with Crippen molar-refractivity contribution in [1.82, 2.24) is 10.3 Å². The average Bonchev–Trinajstić information content (AvgIpc) is 3.03. The number of nitrogens with one attached hydrogen (secondary N) is 1. The van der Waals surface area contributed by atoms with Gasteiger partial charge in [-0.3, -0.25) is 4.79 Å². The Balaban J connectivity index is 1.77. The van der Waals surface area contributed by atoms with Crippen molar-refractivity contribution in [3.05, 3.63) is 59.3 Å². The summed E-state index contributed by atoms with van der Waals surface area (Å²) in [5, 5.41) is 2.65. The number of carbonyl (C=O) groups excluding carboxylic acids is 1. The van der Waals surface area contributed by atoms with Crippen molar-refractivity contribution in [1.29, 1.82) is 0 Å². The van der Waals surface area contributed by atoms with Crippen LogP contribution < -0.4 is 10.1 Å². The third-order valence-electron chi connectivity index (χ3n) is 3.89. The maximum Gasteiger partial charge on any atom is 0.257 e. The molecule has 0 bridgehead atoms. The molecule has 5 nitrogen and oxygen atoms in total. The molecule has 0 unspecified atom stereocenters.